The Morgan fingerprint density at radius 3 is 2.60 bits per heavy atom. The molecule has 0 saturated heterocycles. The molecule has 1 aromatic carbocycles. The molecule has 2 aromatic rings. The number of aryl methyl sites for hydroxylation is 1. The van der Waals surface area contributed by atoms with Gasteiger partial charge in [-0.15, -0.1) is 0 Å². The van der Waals surface area contributed by atoms with Crippen molar-refractivity contribution in [3.63, 3.8) is 0 Å². The summed E-state index contributed by atoms with van der Waals surface area (Å²) in [5.41, 5.74) is 1.12. The van der Waals surface area contributed by atoms with Crippen LogP contribution >= 0.6 is 0 Å². The summed E-state index contributed by atoms with van der Waals surface area (Å²) in [6, 6.07) is 10.1. The smallest absolute Gasteiger partial charge is 0.161 e. The van der Waals surface area contributed by atoms with Crippen LogP contribution in [0, 0.1) is 6.92 Å². The van der Waals surface area contributed by atoms with E-state index in [1.165, 1.54) is 0 Å². The SMILES string of the molecule is CCNC(c1ccc2c(c1)OCCO2)c1ccc(C)o1. The van der Waals surface area contributed by atoms with Crippen LogP contribution in [-0.2, 0) is 0 Å². The number of benzene rings is 1. The quantitative estimate of drug-likeness (QED) is 0.929. The third kappa shape index (κ3) is 2.51. The normalized spacial score (nSPS) is 15.1. The minimum absolute atomic E-state index is 0.0320. The van der Waals surface area contributed by atoms with E-state index in [0.29, 0.717) is 13.2 Å². The van der Waals surface area contributed by atoms with E-state index in [1.54, 1.807) is 0 Å². The molecule has 20 heavy (non-hydrogen) atoms. The first-order chi connectivity index (χ1) is 9.78. The van der Waals surface area contributed by atoms with Crippen molar-refractivity contribution in [3.05, 3.63) is 47.4 Å². The molecule has 0 radical (unpaired) electrons. The molecule has 106 valence electrons. The summed E-state index contributed by atoms with van der Waals surface area (Å²) in [5.74, 6) is 3.45. The van der Waals surface area contributed by atoms with Gasteiger partial charge in [0.1, 0.15) is 24.7 Å². The van der Waals surface area contributed by atoms with Crippen LogP contribution in [0.1, 0.15) is 30.0 Å². The second-order valence-electron chi connectivity index (χ2n) is 4.84. The number of hydrogen-bond acceptors (Lipinski definition) is 4. The molecule has 0 spiro atoms. The molecule has 0 fully saturated rings. The van der Waals surface area contributed by atoms with Gasteiger partial charge in [-0.2, -0.15) is 0 Å². The summed E-state index contributed by atoms with van der Waals surface area (Å²) in [6.07, 6.45) is 0. The van der Waals surface area contributed by atoms with E-state index in [9.17, 15) is 0 Å². The lowest BCUT2D eigenvalue weighted by atomic mass is 10.0. The van der Waals surface area contributed by atoms with Crippen LogP contribution < -0.4 is 14.8 Å². The number of hydrogen-bond donors (Lipinski definition) is 1. The Bertz CT molecular complexity index is 591. The van der Waals surface area contributed by atoms with Gasteiger partial charge in [0, 0.05) is 0 Å². The first-order valence-electron chi connectivity index (χ1n) is 6.97. The van der Waals surface area contributed by atoms with Crippen LogP contribution in [0.5, 0.6) is 11.5 Å². The number of ether oxygens (including phenoxy) is 2. The predicted molar refractivity (Wildman–Crippen MR) is 76.4 cm³/mol. The van der Waals surface area contributed by atoms with Gasteiger partial charge in [0.2, 0.25) is 0 Å². The fraction of sp³-hybridized carbons (Fsp3) is 0.375. The van der Waals surface area contributed by atoms with E-state index < -0.39 is 0 Å². The lowest BCUT2D eigenvalue weighted by molar-refractivity contribution is 0.171. The van der Waals surface area contributed by atoms with Gasteiger partial charge in [-0.05, 0) is 43.3 Å². The van der Waals surface area contributed by atoms with Crippen molar-refractivity contribution >= 4 is 0 Å². The fourth-order valence-electron chi connectivity index (χ4n) is 2.43. The summed E-state index contributed by atoms with van der Waals surface area (Å²) >= 11 is 0. The molecule has 1 aliphatic heterocycles. The van der Waals surface area contributed by atoms with E-state index in [-0.39, 0.29) is 6.04 Å². The molecule has 1 unspecified atom stereocenters. The molecular weight excluding hydrogens is 254 g/mol. The maximum absolute atomic E-state index is 5.76. The summed E-state index contributed by atoms with van der Waals surface area (Å²) in [4.78, 5) is 0. The number of fused-ring (bicyclic) bond motifs is 1. The Balaban J connectivity index is 1.95. The Morgan fingerprint density at radius 2 is 1.90 bits per heavy atom. The van der Waals surface area contributed by atoms with Gasteiger partial charge in [-0.25, -0.2) is 0 Å². The average Bonchev–Trinajstić information content (AvgIpc) is 2.90. The topological polar surface area (TPSA) is 43.6 Å². The lowest BCUT2D eigenvalue weighted by Crippen LogP contribution is -2.22. The molecule has 0 saturated carbocycles. The molecule has 0 aliphatic carbocycles. The maximum atomic E-state index is 5.76. The molecule has 0 bridgehead atoms. The van der Waals surface area contributed by atoms with Crippen LogP contribution in [0.15, 0.2) is 34.7 Å². The van der Waals surface area contributed by atoms with Gasteiger partial charge >= 0.3 is 0 Å². The highest BCUT2D eigenvalue weighted by atomic mass is 16.6. The third-order valence-electron chi connectivity index (χ3n) is 3.35. The molecule has 1 aromatic heterocycles. The lowest BCUT2D eigenvalue weighted by Gasteiger charge is -2.21. The molecule has 0 amide bonds. The highest BCUT2D eigenvalue weighted by Crippen LogP contribution is 2.34. The summed E-state index contributed by atoms with van der Waals surface area (Å²) in [6.45, 7) is 6.11. The Hall–Kier alpha value is -1.94. The third-order valence-corrected chi connectivity index (χ3v) is 3.35. The van der Waals surface area contributed by atoms with Gasteiger partial charge in [-0.1, -0.05) is 13.0 Å². The molecule has 1 N–H and O–H groups in total. The van der Waals surface area contributed by atoms with Crippen molar-refractivity contribution in [2.45, 2.75) is 19.9 Å². The van der Waals surface area contributed by atoms with E-state index >= 15 is 0 Å². The predicted octanol–water partition coefficient (Wildman–Crippen LogP) is 3.06. The van der Waals surface area contributed by atoms with E-state index in [1.807, 2.05) is 31.2 Å². The number of nitrogens with one attached hydrogen (secondary N) is 1. The minimum atomic E-state index is 0.0320. The average molecular weight is 273 g/mol. The maximum Gasteiger partial charge on any atom is 0.161 e. The molecule has 4 heteroatoms. The van der Waals surface area contributed by atoms with Crippen molar-refractivity contribution < 1.29 is 13.9 Å². The zero-order chi connectivity index (χ0) is 13.9. The zero-order valence-electron chi connectivity index (χ0n) is 11.8. The molecule has 4 nitrogen and oxygen atoms in total. The van der Waals surface area contributed by atoms with Gasteiger partial charge in [-0.3, -0.25) is 0 Å². The van der Waals surface area contributed by atoms with Gasteiger partial charge in [0.25, 0.3) is 0 Å². The molecule has 2 heterocycles. The monoisotopic (exact) mass is 273 g/mol. The Labute approximate surface area is 118 Å². The minimum Gasteiger partial charge on any atom is -0.486 e. The fourth-order valence-corrected chi connectivity index (χ4v) is 2.43. The first-order valence-corrected chi connectivity index (χ1v) is 6.97. The van der Waals surface area contributed by atoms with Gasteiger partial charge in [0.15, 0.2) is 11.5 Å². The molecule has 3 rings (SSSR count). The molecule has 1 aliphatic rings. The summed E-state index contributed by atoms with van der Waals surface area (Å²) < 4.78 is 17.0. The van der Waals surface area contributed by atoms with Crippen LogP contribution in [-0.4, -0.2) is 19.8 Å². The highest BCUT2D eigenvalue weighted by Gasteiger charge is 2.20. The van der Waals surface area contributed by atoms with E-state index in [4.69, 9.17) is 13.9 Å². The Morgan fingerprint density at radius 1 is 1.10 bits per heavy atom. The molecular formula is C16H19NO3. The second-order valence-corrected chi connectivity index (χ2v) is 4.84. The molecule has 1 atom stereocenters. The van der Waals surface area contributed by atoms with Crippen molar-refractivity contribution in [2.24, 2.45) is 0 Å². The largest absolute Gasteiger partial charge is 0.486 e. The zero-order valence-corrected chi connectivity index (χ0v) is 11.8. The van der Waals surface area contributed by atoms with Crippen molar-refractivity contribution in [2.75, 3.05) is 19.8 Å². The van der Waals surface area contributed by atoms with Crippen molar-refractivity contribution in [1.82, 2.24) is 5.32 Å². The number of rotatable bonds is 4. The van der Waals surface area contributed by atoms with E-state index in [2.05, 4.69) is 18.3 Å². The van der Waals surface area contributed by atoms with Gasteiger partial charge < -0.3 is 19.2 Å². The second kappa shape index (κ2) is 5.59. The highest BCUT2D eigenvalue weighted by molar-refractivity contribution is 5.45. The number of furan rings is 1. The van der Waals surface area contributed by atoms with Crippen LogP contribution in [0.25, 0.3) is 0 Å². The van der Waals surface area contributed by atoms with Crippen LogP contribution in [0.2, 0.25) is 0 Å². The van der Waals surface area contributed by atoms with Crippen LogP contribution in [0.3, 0.4) is 0 Å². The van der Waals surface area contributed by atoms with Crippen molar-refractivity contribution in [1.29, 1.82) is 0 Å². The van der Waals surface area contributed by atoms with Crippen LogP contribution in [0.4, 0.5) is 0 Å². The van der Waals surface area contributed by atoms with Crippen molar-refractivity contribution in [3.8, 4) is 11.5 Å². The van der Waals surface area contributed by atoms with Gasteiger partial charge in [0.05, 0.1) is 6.04 Å². The van der Waals surface area contributed by atoms with E-state index in [0.717, 1.165) is 35.1 Å². The summed E-state index contributed by atoms with van der Waals surface area (Å²) in [5, 5.41) is 3.45. The standard InChI is InChI=1S/C16H19NO3/c1-3-17-16(14-6-4-11(2)20-14)12-5-7-13-15(10-12)19-9-8-18-13/h4-7,10,16-17H,3,8-9H2,1-2H3. The summed E-state index contributed by atoms with van der Waals surface area (Å²) in [7, 11) is 0. The first kappa shape index (κ1) is 13.1. The Kier molecular flexibility index (Phi) is 3.65.